The number of benzene rings is 1. The largest absolute Gasteiger partial charge is 0.382 e. The second kappa shape index (κ2) is 6.52. The van der Waals surface area contributed by atoms with Crippen molar-refractivity contribution in [2.75, 3.05) is 7.11 Å². The maximum atomic E-state index is 10.6. The van der Waals surface area contributed by atoms with Crippen LogP contribution in [0.25, 0.3) is 0 Å². The number of methoxy groups -OCH3 is 1. The summed E-state index contributed by atoms with van der Waals surface area (Å²) < 4.78 is 7.74. The van der Waals surface area contributed by atoms with Crippen LogP contribution in [0.1, 0.15) is 42.8 Å². The van der Waals surface area contributed by atoms with E-state index < -0.39 is 6.10 Å². The van der Waals surface area contributed by atoms with Crippen molar-refractivity contribution >= 4 is 15.9 Å². The summed E-state index contributed by atoms with van der Waals surface area (Å²) >= 11 is 3.46. The van der Waals surface area contributed by atoms with Gasteiger partial charge in [0.2, 0.25) is 0 Å². The molecule has 0 radical (unpaired) electrons. The van der Waals surface area contributed by atoms with Crippen molar-refractivity contribution in [3.05, 3.63) is 51.8 Å². The van der Waals surface area contributed by atoms with E-state index in [1.807, 2.05) is 42.8 Å². The molecule has 5 heteroatoms. The number of halogens is 1. The molecule has 0 fully saturated rings. The van der Waals surface area contributed by atoms with Crippen molar-refractivity contribution in [3.63, 3.8) is 0 Å². The molecule has 20 heavy (non-hydrogen) atoms. The Morgan fingerprint density at radius 2 is 1.95 bits per heavy atom. The standard InChI is InChI=1S/C15H19BrN2O2/c1-10(2)18-14(13(16)8-17-18)15(19)12-6-4-11(5-7-12)9-20-3/h4-8,10,15,19H,9H2,1-3H3. The quantitative estimate of drug-likeness (QED) is 0.908. The molecular formula is C15H19BrN2O2. The minimum absolute atomic E-state index is 0.193. The lowest BCUT2D eigenvalue weighted by Crippen LogP contribution is -2.12. The van der Waals surface area contributed by atoms with Gasteiger partial charge >= 0.3 is 0 Å². The van der Waals surface area contributed by atoms with Gasteiger partial charge in [0.05, 0.1) is 23.0 Å². The van der Waals surface area contributed by atoms with Crippen LogP contribution >= 0.6 is 15.9 Å². The lowest BCUT2D eigenvalue weighted by Gasteiger charge is -2.17. The van der Waals surface area contributed by atoms with Crippen LogP contribution in [0, 0.1) is 0 Å². The predicted molar refractivity (Wildman–Crippen MR) is 81.5 cm³/mol. The summed E-state index contributed by atoms with van der Waals surface area (Å²) in [6.07, 6.45) is 1.02. The molecule has 2 aromatic rings. The number of ether oxygens (including phenoxy) is 1. The summed E-state index contributed by atoms with van der Waals surface area (Å²) in [5.74, 6) is 0. The maximum Gasteiger partial charge on any atom is 0.122 e. The van der Waals surface area contributed by atoms with Crippen LogP contribution in [0.4, 0.5) is 0 Å². The van der Waals surface area contributed by atoms with Crippen LogP contribution in [0.3, 0.4) is 0 Å². The normalized spacial score (nSPS) is 12.9. The zero-order chi connectivity index (χ0) is 14.7. The van der Waals surface area contributed by atoms with Crippen LogP contribution in [0.15, 0.2) is 34.9 Å². The topological polar surface area (TPSA) is 47.3 Å². The zero-order valence-electron chi connectivity index (χ0n) is 11.9. The zero-order valence-corrected chi connectivity index (χ0v) is 13.5. The van der Waals surface area contributed by atoms with Gasteiger partial charge in [0.25, 0.3) is 0 Å². The van der Waals surface area contributed by atoms with Crippen LogP contribution in [0.2, 0.25) is 0 Å². The predicted octanol–water partition coefficient (Wildman–Crippen LogP) is 3.45. The molecule has 2 rings (SSSR count). The van der Waals surface area contributed by atoms with Crippen LogP contribution in [-0.2, 0) is 11.3 Å². The molecule has 0 aliphatic heterocycles. The van der Waals surface area contributed by atoms with E-state index in [4.69, 9.17) is 4.74 Å². The Morgan fingerprint density at radius 1 is 1.30 bits per heavy atom. The first-order valence-electron chi connectivity index (χ1n) is 6.53. The fourth-order valence-electron chi connectivity index (χ4n) is 2.14. The smallest absolute Gasteiger partial charge is 0.122 e. The minimum atomic E-state index is -0.703. The lowest BCUT2D eigenvalue weighted by atomic mass is 10.0. The molecule has 1 heterocycles. The Balaban J connectivity index is 2.31. The average molecular weight is 339 g/mol. The fraction of sp³-hybridized carbons (Fsp3) is 0.400. The van der Waals surface area contributed by atoms with Gasteiger partial charge in [0.1, 0.15) is 6.10 Å². The third-order valence-electron chi connectivity index (χ3n) is 3.14. The molecule has 1 aromatic carbocycles. The highest BCUT2D eigenvalue weighted by Gasteiger charge is 2.20. The lowest BCUT2D eigenvalue weighted by molar-refractivity contribution is 0.184. The Morgan fingerprint density at radius 3 is 2.50 bits per heavy atom. The first-order valence-corrected chi connectivity index (χ1v) is 7.32. The Bertz CT molecular complexity index is 564. The van der Waals surface area contributed by atoms with E-state index in [-0.39, 0.29) is 6.04 Å². The molecule has 0 aliphatic rings. The summed E-state index contributed by atoms with van der Waals surface area (Å²) in [5.41, 5.74) is 2.70. The van der Waals surface area contributed by atoms with Crippen molar-refractivity contribution < 1.29 is 9.84 Å². The number of aliphatic hydroxyl groups is 1. The molecule has 1 unspecified atom stereocenters. The van der Waals surface area contributed by atoms with Crippen molar-refractivity contribution in [2.24, 2.45) is 0 Å². The molecular weight excluding hydrogens is 320 g/mol. The molecule has 0 aliphatic carbocycles. The van der Waals surface area contributed by atoms with E-state index in [1.54, 1.807) is 13.3 Å². The highest BCUT2D eigenvalue weighted by atomic mass is 79.9. The number of hydrogen-bond acceptors (Lipinski definition) is 3. The Labute approximate surface area is 127 Å². The van der Waals surface area contributed by atoms with E-state index in [0.717, 1.165) is 21.3 Å². The number of hydrogen-bond donors (Lipinski definition) is 1. The van der Waals surface area contributed by atoms with Crippen molar-refractivity contribution in [1.82, 2.24) is 9.78 Å². The second-order valence-corrected chi connectivity index (χ2v) is 5.85. The van der Waals surface area contributed by atoms with E-state index >= 15 is 0 Å². The van der Waals surface area contributed by atoms with Gasteiger partial charge < -0.3 is 9.84 Å². The van der Waals surface area contributed by atoms with Crippen LogP contribution in [-0.4, -0.2) is 22.0 Å². The van der Waals surface area contributed by atoms with Crippen LogP contribution in [0.5, 0.6) is 0 Å². The molecule has 1 N–H and O–H groups in total. The van der Waals surface area contributed by atoms with E-state index in [9.17, 15) is 5.11 Å². The molecule has 0 bridgehead atoms. The highest BCUT2D eigenvalue weighted by Crippen LogP contribution is 2.30. The molecule has 0 spiro atoms. The summed E-state index contributed by atoms with van der Waals surface area (Å²) in [6.45, 7) is 4.65. The van der Waals surface area contributed by atoms with Crippen molar-refractivity contribution in [3.8, 4) is 0 Å². The Kier molecular flexibility index (Phi) is 4.96. The van der Waals surface area contributed by atoms with Gasteiger partial charge in [-0.05, 0) is 40.9 Å². The van der Waals surface area contributed by atoms with Gasteiger partial charge in [0, 0.05) is 13.2 Å². The van der Waals surface area contributed by atoms with Crippen molar-refractivity contribution in [2.45, 2.75) is 32.6 Å². The van der Waals surface area contributed by atoms with Gasteiger partial charge in [-0.1, -0.05) is 24.3 Å². The van der Waals surface area contributed by atoms with Gasteiger partial charge in [-0.3, -0.25) is 4.68 Å². The first-order chi connectivity index (χ1) is 9.54. The summed E-state index contributed by atoms with van der Waals surface area (Å²) in [7, 11) is 1.67. The van der Waals surface area contributed by atoms with E-state index in [0.29, 0.717) is 6.61 Å². The molecule has 0 saturated heterocycles. The summed E-state index contributed by atoms with van der Waals surface area (Å²) in [4.78, 5) is 0. The SMILES string of the molecule is COCc1ccc(C(O)c2c(Br)cnn2C(C)C)cc1. The fourth-order valence-corrected chi connectivity index (χ4v) is 2.63. The average Bonchev–Trinajstić information content (AvgIpc) is 2.81. The number of rotatable bonds is 5. The van der Waals surface area contributed by atoms with Crippen LogP contribution < -0.4 is 0 Å². The number of aliphatic hydroxyl groups excluding tert-OH is 1. The summed E-state index contributed by atoms with van der Waals surface area (Å²) in [6, 6.07) is 7.96. The molecule has 1 aromatic heterocycles. The van der Waals surface area contributed by atoms with E-state index in [1.165, 1.54) is 0 Å². The monoisotopic (exact) mass is 338 g/mol. The molecule has 0 amide bonds. The maximum absolute atomic E-state index is 10.6. The number of nitrogens with zero attached hydrogens (tertiary/aromatic N) is 2. The Hall–Kier alpha value is -1.17. The molecule has 108 valence electrons. The van der Waals surface area contributed by atoms with Gasteiger partial charge in [0.15, 0.2) is 0 Å². The van der Waals surface area contributed by atoms with Crippen molar-refractivity contribution in [1.29, 1.82) is 0 Å². The van der Waals surface area contributed by atoms with E-state index in [2.05, 4.69) is 21.0 Å². The molecule has 4 nitrogen and oxygen atoms in total. The minimum Gasteiger partial charge on any atom is -0.382 e. The third kappa shape index (κ3) is 3.11. The third-order valence-corrected chi connectivity index (χ3v) is 3.75. The van der Waals surface area contributed by atoms with Gasteiger partial charge in [-0.15, -0.1) is 0 Å². The van der Waals surface area contributed by atoms with Gasteiger partial charge in [-0.25, -0.2) is 0 Å². The molecule has 0 saturated carbocycles. The highest BCUT2D eigenvalue weighted by molar-refractivity contribution is 9.10. The second-order valence-electron chi connectivity index (χ2n) is 4.99. The molecule has 1 atom stereocenters. The number of aromatic nitrogens is 2. The first kappa shape index (κ1) is 15.2. The summed E-state index contributed by atoms with van der Waals surface area (Å²) in [5, 5.41) is 14.9. The van der Waals surface area contributed by atoms with Gasteiger partial charge in [-0.2, -0.15) is 5.10 Å².